The molecular formula is C23H29ClN4O5. The van der Waals surface area contributed by atoms with Crippen LogP contribution in [0, 0.1) is 5.92 Å². The summed E-state index contributed by atoms with van der Waals surface area (Å²) in [6.07, 6.45) is 1.34. The summed E-state index contributed by atoms with van der Waals surface area (Å²) in [6, 6.07) is 8.86. The molecule has 5 atom stereocenters. The number of aliphatic hydroxyl groups is 2. The summed E-state index contributed by atoms with van der Waals surface area (Å²) < 4.78 is 14.3. The number of benzene rings is 1. The first-order valence-electron chi connectivity index (χ1n) is 10.7. The molecule has 3 N–H and O–H groups in total. The molecule has 0 radical (unpaired) electrons. The summed E-state index contributed by atoms with van der Waals surface area (Å²) >= 11 is 6.04. The third-order valence-corrected chi connectivity index (χ3v) is 6.20. The maximum absolute atomic E-state index is 11.6. The minimum atomic E-state index is -1.41. The quantitative estimate of drug-likeness (QED) is 0.350. The molecule has 3 aromatic rings. The van der Waals surface area contributed by atoms with E-state index < -0.39 is 29.8 Å². The average molecular weight is 477 g/mol. The molecule has 1 aromatic carbocycles. The zero-order chi connectivity index (χ0) is 24.0. The van der Waals surface area contributed by atoms with E-state index in [1.165, 1.54) is 13.4 Å². The molecule has 1 fully saturated rings. The van der Waals surface area contributed by atoms with Crippen LogP contribution in [0.4, 0.5) is 5.82 Å². The molecule has 0 spiro atoms. The normalized spacial score (nSPS) is 25.3. The van der Waals surface area contributed by atoms with Crippen molar-refractivity contribution < 1.29 is 24.5 Å². The number of ether oxygens (including phenoxy) is 2. The lowest BCUT2D eigenvalue weighted by atomic mass is 9.83. The van der Waals surface area contributed by atoms with Crippen molar-refractivity contribution >= 4 is 28.5 Å². The Morgan fingerprint density at radius 1 is 1.12 bits per heavy atom. The van der Waals surface area contributed by atoms with Crippen molar-refractivity contribution in [1.29, 1.82) is 0 Å². The lowest BCUT2D eigenvalue weighted by Gasteiger charge is -2.33. The van der Waals surface area contributed by atoms with Gasteiger partial charge in [0.25, 0.3) is 0 Å². The van der Waals surface area contributed by atoms with Gasteiger partial charge in [-0.15, -0.1) is 0 Å². The van der Waals surface area contributed by atoms with Gasteiger partial charge in [-0.25, -0.2) is 15.4 Å². The van der Waals surface area contributed by atoms with Gasteiger partial charge in [0, 0.05) is 17.1 Å². The highest BCUT2D eigenvalue weighted by Gasteiger charge is 2.53. The zero-order valence-electron chi connectivity index (χ0n) is 19.2. The largest absolute Gasteiger partial charge is 0.383 e. The fraction of sp³-hybridized carbons (Fsp3) is 0.478. The molecule has 1 saturated heterocycles. The molecule has 178 valence electrons. The van der Waals surface area contributed by atoms with Gasteiger partial charge in [0.15, 0.2) is 17.8 Å². The van der Waals surface area contributed by atoms with Crippen LogP contribution in [0.1, 0.15) is 39.5 Å². The number of nitrogens with zero attached hydrogens (tertiary/aromatic N) is 3. The topological polar surface area (TPSA) is 111 Å². The molecule has 4 rings (SSSR count). The van der Waals surface area contributed by atoms with Gasteiger partial charge in [-0.1, -0.05) is 30.7 Å². The van der Waals surface area contributed by atoms with E-state index in [-0.39, 0.29) is 5.92 Å². The van der Waals surface area contributed by atoms with Crippen LogP contribution in [0.3, 0.4) is 0 Å². The van der Waals surface area contributed by atoms with Crippen molar-refractivity contribution in [1.82, 2.24) is 14.5 Å². The van der Waals surface area contributed by atoms with Crippen molar-refractivity contribution in [2.75, 3.05) is 12.6 Å². The third kappa shape index (κ3) is 4.57. The number of aromatic nitrogens is 3. The Labute approximate surface area is 197 Å². The number of hydrogen-bond acceptors (Lipinski definition) is 8. The van der Waals surface area contributed by atoms with Gasteiger partial charge in [-0.2, -0.15) is 0 Å². The smallest absolute Gasteiger partial charge is 0.162 e. The summed E-state index contributed by atoms with van der Waals surface area (Å²) in [6.45, 7) is 6.78. The van der Waals surface area contributed by atoms with E-state index in [9.17, 15) is 10.2 Å². The molecule has 0 aliphatic carbocycles. The molecule has 1 aliphatic heterocycles. The van der Waals surface area contributed by atoms with Gasteiger partial charge in [0.2, 0.25) is 0 Å². The maximum atomic E-state index is 11.6. The number of hydrogen-bond donors (Lipinski definition) is 3. The average Bonchev–Trinajstić information content (AvgIpc) is 3.30. The molecule has 0 saturated carbocycles. The zero-order valence-corrected chi connectivity index (χ0v) is 19.9. The van der Waals surface area contributed by atoms with E-state index in [1.807, 2.05) is 23.8 Å². The summed E-state index contributed by atoms with van der Waals surface area (Å²) in [5.74, 6) is -1.19. The van der Waals surface area contributed by atoms with Crippen molar-refractivity contribution in [3.8, 4) is 0 Å². The Bertz CT molecular complexity index is 1110. The molecule has 1 aliphatic rings. The summed E-state index contributed by atoms with van der Waals surface area (Å²) in [4.78, 5) is 13.6. The van der Waals surface area contributed by atoms with Crippen LogP contribution in [-0.2, 0) is 19.9 Å². The van der Waals surface area contributed by atoms with Crippen LogP contribution >= 0.6 is 11.6 Å². The Morgan fingerprint density at radius 3 is 2.45 bits per heavy atom. The standard InChI is InChI=1S/C23H29ClN4O5/c1-13-17(33-22(2,3)29)21(28-11-10-16-19(27-31-5)25-12-26-20(16)28)32-18(13)23(4,30)14-6-8-15(24)9-7-14/h6-13,17-18,21,29-30H,1-5H3,(H,25,26,27)/t13-,17+,18-,21+,23+/m0/s1. The van der Waals surface area contributed by atoms with E-state index in [2.05, 4.69) is 15.4 Å². The van der Waals surface area contributed by atoms with Gasteiger partial charge in [0.1, 0.15) is 23.7 Å². The summed E-state index contributed by atoms with van der Waals surface area (Å²) in [5.41, 5.74) is 2.66. The Balaban J connectivity index is 1.76. The van der Waals surface area contributed by atoms with E-state index in [0.29, 0.717) is 22.1 Å². The molecule has 0 unspecified atom stereocenters. The number of rotatable bonds is 7. The molecule has 10 heteroatoms. The predicted octanol–water partition coefficient (Wildman–Crippen LogP) is 3.61. The van der Waals surface area contributed by atoms with Crippen molar-refractivity contribution in [3.63, 3.8) is 0 Å². The first kappa shape index (κ1) is 23.9. The van der Waals surface area contributed by atoms with Crippen LogP contribution in [0.2, 0.25) is 5.02 Å². The molecule has 0 amide bonds. The SMILES string of the molecule is CONc1ncnc2c1ccn2[C@@H]1O[C@H]([C@](C)(O)c2ccc(Cl)cc2)[C@@H](C)[C@H]1OC(C)(C)O. The fourth-order valence-corrected chi connectivity index (χ4v) is 4.58. The lowest BCUT2D eigenvalue weighted by molar-refractivity contribution is -0.228. The lowest BCUT2D eigenvalue weighted by Crippen LogP contribution is -2.42. The second-order valence-electron chi connectivity index (χ2n) is 8.98. The molecule has 3 heterocycles. The van der Waals surface area contributed by atoms with Crippen LogP contribution in [0.5, 0.6) is 0 Å². The number of nitrogens with one attached hydrogen (secondary N) is 1. The van der Waals surface area contributed by atoms with Crippen molar-refractivity contribution in [3.05, 3.63) is 53.4 Å². The van der Waals surface area contributed by atoms with Crippen LogP contribution in [0.15, 0.2) is 42.9 Å². The molecule has 0 bridgehead atoms. The fourth-order valence-electron chi connectivity index (χ4n) is 4.46. The first-order valence-corrected chi connectivity index (χ1v) is 11.1. The Morgan fingerprint density at radius 2 is 1.82 bits per heavy atom. The van der Waals surface area contributed by atoms with Crippen molar-refractivity contribution in [2.45, 2.75) is 57.5 Å². The monoisotopic (exact) mass is 476 g/mol. The van der Waals surface area contributed by atoms with Crippen molar-refractivity contribution in [2.24, 2.45) is 5.92 Å². The van der Waals surface area contributed by atoms with E-state index in [0.717, 1.165) is 5.39 Å². The van der Waals surface area contributed by atoms with Gasteiger partial charge in [0.05, 0.1) is 18.6 Å². The first-order chi connectivity index (χ1) is 15.5. The number of fused-ring (bicyclic) bond motifs is 1. The maximum Gasteiger partial charge on any atom is 0.162 e. The third-order valence-electron chi connectivity index (χ3n) is 5.95. The number of halogens is 1. The van der Waals surface area contributed by atoms with E-state index in [4.69, 9.17) is 25.9 Å². The highest BCUT2D eigenvalue weighted by atomic mass is 35.5. The summed E-state index contributed by atoms with van der Waals surface area (Å²) in [5, 5.41) is 23.3. The van der Waals surface area contributed by atoms with Gasteiger partial charge < -0.3 is 24.3 Å². The van der Waals surface area contributed by atoms with Gasteiger partial charge in [-0.05, 0) is 44.5 Å². The highest BCUT2D eigenvalue weighted by molar-refractivity contribution is 6.30. The molecule has 2 aromatic heterocycles. The van der Waals surface area contributed by atoms with Crippen LogP contribution < -0.4 is 5.48 Å². The summed E-state index contributed by atoms with van der Waals surface area (Å²) in [7, 11) is 1.50. The predicted molar refractivity (Wildman–Crippen MR) is 123 cm³/mol. The van der Waals surface area contributed by atoms with Gasteiger partial charge >= 0.3 is 0 Å². The van der Waals surface area contributed by atoms with Crippen LogP contribution in [0.25, 0.3) is 11.0 Å². The van der Waals surface area contributed by atoms with E-state index >= 15 is 0 Å². The Kier molecular flexibility index (Phi) is 6.38. The number of anilines is 1. The highest BCUT2D eigenvalue weighted by Crippen LogP contribution is 2.46. The minimum absolute atomic E-state index is 0.289. The second-order valence-corrected chi connectivity index (χ2v) is 9.42. The molecular weight excluding hydrogens is 448 g/mol. The molecule has 9 nitrogen and oxygen atoms in total. The van der Waals surface area contributed by atoms with Crippen LogP contribution in [-0.4, -0.2) is 49.9 Å². The Hall–Kier alpha value is -2.27. The van der Waals surface area contributed by atoms with Gasteiger partial charge in [-0.3, -0.25) is 4.84 Å². The minimum Gasteiger partial charge on any atom is -0.383 e. The van der Waals surface area contributed by atoms with E-state index in [1.54, 1.807) is 45.0 Å². The molecule has 33 heavy (non-hydrogen) atoms. The second kappa shape index (κ2) is 8.83.